The molecule has 12 heavy (non-hydrogen) atoms. The van der Waals surface area contributed by atoms with Crippen LogP contribution in [0.1, 0.15) is 13.8 Å². The van der Waals surface area contributed by atoms with Gasteiger partial charge in [0.05, 0.1) is 0 Å². The zero-order valence-corrected chi connectivity index (χ0v) is 11.9. The summed E-state index contributed by atoms with van der Waals surface area (Å²) in [6.07, 6.45) is 0. The Kier molecular flexibility index (Phi) is 15.0. The summed E-state index contributed by atoms with van der Waals surface area (Å²) in [5.41, 5.74) is 0. The molecule has 0 aromatic rings. The van der Waals surface area contributed by atoms with Crippen LogP contribution in [0.25, 0.3) is 0 Å². The Balaban J connectivity index is 0. The molecule has 4 heteroatoms. The maximum atomic E-state index is 2.28. The molecule has 2 radical (unpaired) electrons. The SMILES string of the molecule is CN(C)[B]N(C)C.C[CH2][Sb][CH2]C. The van der Waals surface area contributed by atoms with Crippen molar-refractivity contribution in [3.8, 4) is 0 Å². The zero-order valence-electron chi connectivity index (χ0n) is 9.33. The first-order valence-corrected chi connectivity index (χ1v) is 7.96. The Morgan fingerprint density at radius 1 is 0.917 bits per heavy atom. The minimum absolute atomic E-state index is 0.356. The van der Waals surface area contributed by atoms with Gasteiger partial charge >= 0.3 is 51.7 Å². The van der Waals surface area contributed by atoms with E-state index in [2.05, 4.69) is 13.8 Å². The van der Waals surface area contributed by atoms with E-state index in [-0.39, 0.29) is 0 Å². The van der Waals surface area contributed by atoms with Gasteiger partial charge in [0.2, 0.25) is 0 Å². The van der Waals surface area contributed by atoms with Crippen LogP contribution >= 0.6 is 0 Å². The molecule has 0 aliphatic carbocycles. The van der Waals surface area contributed by atoms with Crippen LogP contribution in [-0.2, 0) is 0 Å². The van der Waals surface area contributed by atoms with Crippen LogP contribution < -0.4 is 0 Å². The molecule has 0 saturated heterocycles. The Bertz CT molecular complexity index is 71.5. The van der Waals surface area contributed by atoms with Crippen LogP contribution in [0.15, 0.2) is 0 Å². The monoisotopic (exact) mass is 278 g/mol. The van der Waals surface area contributed by atoms with Gasteiger partial charge in [-0.3, -0.25) is 0 Å². The van der Waals surface area contributed by atoms with E-state index in [0.29, 0.717) is 21.6 Å². The summed E-state index contributed by atoms with van der Waals surface area (Å²) in [5, 5.41) is 0. The van der Waals surface area contributed by atoms with Crippen molar-refractivity contribution in [3.63, 3.8) is 0 Å². The Morgan fingerprint density at radius 2 is 1.25 bits per heavy atom. The first-order valence-electron chi connectivity index (χ1n) is 4.35. The fraction of sp³-hybridized carbons (Fsp3) is 1.00. The van der Waals surface area contributed by atoms with E-state index in [1.807, 2.05) is 45.4 Å². The standard InChI is InChI=1S/C4H12BN2.2C2H5.Sb/c1-6(2)5-7(3)4;2*1-2;/h1-4H3;2*1H2,2H3;. The molecule has 0 aliphatic heterocycles. The summed E-state index contributed by atoms with van der Waals surface area (Å²) in [6, 6.07) is 0. The minimum atomic E-state index is 0.356. The molecule has 0 bridgehead atoms. The molecule has 72 valence electrons. The van der Waals surface area contributed by atoms with E-state index in [0.717, 1.165) is 0 Å². The first kappa shape index (κ1) is 15.3. The fourth-order valence-corrected chi connectivity index (χ4v) is 1.96. The summed E-state index contributed by atoms with van der Waals surface area (Å²) in [6.45, 7) is 4.56. The molecule has 0 heterocycles. The van der Waals surface area contributed by atoms with Crippen molar-refractivity contribution in [2.24, 2.45) is 0 Å². The molecule has 0 saturated carbocycles. The average molecular weight is 279 g/mol. The second-order valence-electron chi connectivity index (χ2n) is 2.90. The third-order valence-electron chi connectivity index (χ3n) is 0.909. The zero-order chi connectivity index (χ0) is 9.98. The van der Waals surface area contributed by atoms with Crippen LogP contribution in [0, 0.1) is 0 Å². The van der Waals surface area contributed by atoms with E-state index in [1.165, 1.54) is 8.73 Å². The van der Waals surface area contributed by atoms with Gasteiger partial charge in [-0.2, -0.15) is 0 Å². The Labute approximate surface area is 89.5 Å². The number of nitrogens with zero attached hydrogens (tertiary/aromatic N) is 2. The number of hydrogen-bond donors (Lipinski definition) is 0. The summed E-state index contributed by atoms with van der Waals surface area (Å²) >= 11 is 0.356. The molecule has 0 unspecified atom stereocenters. The molecule has 0 amide bonds. The van der Waals surface area contributed by atoms with E-state index in [9.17, 15) is 0 Å². The summed E-state index contributed by atoms with van der Waals surface area (Å²) in [7, 11) is 10.0. The van der Waals surface area contributed by atoms with Crippen molar-refractivity contribution >= 4 is 29.2 Å². The van der Waals surface area contributed by atoms with Crippen LogP contribution in [0.4, 0.5) is 0 Å². The van der Waals surface area contributed by atoms with Gasteiger partial charge in [-0.15, -0.1) is 0 Å². The normalized spacial score (nSPS) is 9.67. The molecule has 0 N–H and O–H groups in total. The van der Waals surface area contributed by atoms with Gasteiger partial charge in [-0.25, -0.2) is 0 Å². The predicted molar refractivity (Wildman–Crippen MR) is 59.8 cm³/mol. The van der Waals surface area contributed by atoms with Gasteiger partial charge < -0.3 is 9.62 Å². The van der Waals surface area contributed by atoms with Crippen molar-refractivity contribution in [2.75, 3.05) is 28.2 Å². The molecule has 0 aromatic carbocycles. The predicted octanol–water partition coefficient (Wildman–Crippen LogP) is 1.21. The van der Waals surface area contributed by atoms with E-state index in [4.69, 9.17) is 0 Å². The number of rotatable bonds is 4. The summed E-state index contributed by atoms with van der Waals surface area (Å²) in [4.78, 5) is 4.00. The van der Waals surface area contributed by atoms with E-state index >= 15 is 0 Å². The van der Waals surface area contributed by atoms with Gasteiger partial charge in [0, 0.05) is 0 Å². The summed E-state index contributed by atoms with van der Waals surface area (Å²) < 4.78 is 2.99. The van der Waals surface area contributed by atoms with Gasteiger partial charge in [-0.1, -0.05) is 0 Å². The molecule has 2 nitrogen and oxygen atoms in total. The topological polar surface area (TPSA) is 6.48 Å². The second kappa shape index (κ2) is 11.8. The van der Waals surface area contributed by atoms with Crippen LogP contribution in [0.2, 0.25) is 8.73 Å². The second-order valence-corrected chi connectivity index (χ2v) is 7.79. The van der Waals surface area contributed by atoms with Gasteiger partial charge in [0.25, 0.3) is 0 Å². The molecule has 0 aliphatic rings. The molecule has 0 rings (SSSR count). The Hall–Kier alpha value is 0.803. The molecular weight excluding hydrogens is 257 g/mol. The van der Waals surface area contributed by atoms with Crippen molar-refractivity contribution in [1.29, 1.82) is 0 Å². The van der Waals surface area contributed by atoms with Crippen molar-refractivity contribution in [1.82, 2.24) is 9.62 Å². The molecule has 0 atom stereocenters. The van der Waals surface area contributed by atoms with E-state index in [1.54, 1.807) is 0 Å². The van der Waals surface area contributed by atoms with Crippen molar-refractivity contribution in [2.45, 2.75) is 22.6 Å². The number of hydrogen-bond acceptors (Lipinski definition) is 2. The third-order valence-corrected chi connectivity index (χ3v) is 3.46. The third kappa shape index (κ3) is 22.4. The molecule has 0 fully saturated rings. The summed E-state index contributed by atoms with van der Waals surface area (Å²) in [5.74, 6) is 0. The maximum absolute atomic E-state index is 2.28. The van der Waals surface area contributed by atoms with E-state index < -0.39 is 0 Å². The molecular formula is C8H22BN2Sb. The quantitative estimate of drug-likeness (QED) is 0.714. The fourth-order valence-electron chi connectivity index (χ4n) is 0.685. The van der Waals surface area contributed by atoms with Crippen LogP contribution in [0.3, 0.4) is 0 Å². The Morgan fingerprint density at radius 3 is 1.25 bits per heavy atom. The first-order chi connectivity index (χ1) is 5.54. The van der Waals surface area contributed by atoms with Crippen LogP contribution in [0.5, 0.6) is 0 Å². The van der Waals surface area contributed by atoms with Crippen molar-refractivity contribution in [3.05, 3.63) is 0 Å². The average Bonchev–Trinajstić information content (AvgIpc) is 1.87. The molecule has 0 spiro atoms. The van der Waals surface area contributed by atoms with Crippen molar-refractivity contribution < 1.29 is 0 Å². The molecule has 0 aromatic heterocycles. The van der Waals surface area contributed by atoms with Gasteiger partial charge in [0.1, 0.15) is 0 Å². The van der Waals surface area contributed by atoms with Crippen LogP contribution in [-0.4, -0.2) is 67.0 Å². The van der Waals surface area contributed by atoms with Gasteiger partial charge in [0.15, 0.2) is 0 Å². The van der Waals surface area contributed by atoms with Gasteiger partial charge in [-0.05, 0) is 28.2 Å².